The normalized spacial score (nSPS) is 18.1. The predicted molar refractivity (Wildman–Crippen MR) is 123 cm³/mol. The van der Waals surface area contributed by atoms with Crippen LogP contribution in [0.3, 0.4) is 0 Å². The third-order valence-electron chi connectivity index (χ3n) is 5.51. The highest BCUT2D eigenvalue weighted by Gasteiger charge is 2.37. The maximum Gasteiger partial charge on any atom is 0.319 e. The van der Waals surface area contributed by atoms with Crippen LogP contribution < -0.4 is 10.6 Å². The number of aromatic nitrogens is 1. The average Bonchev–Trinajstić information content (AvgIpc) is 2.86. The molecule has 4 rings (SSSR count). The first-order chi connectivity index (χ1) is 16.1. The van der Waals surface area contributed by atoms with Gasteiger partial charge in [0.15, 0.2) is 0 Å². The van der Waals surface area contributed by atoms with Gasteiger partial charge in [-0.15, -0.1) is 0 Å². The van der Waals surface area contributed by atoms with E-state index in [-0.39, 0.29) is 25.2 Å². The molecule has 0 saturated carbocycles. The second kappa shape index (κ2) is 10.7. The lowest BCUT2D eigenvalue weighted by Gasteiger charge is -2.40. The molecule has 1 fully saturated rings. The lowest BCUT2D eigenvalue weighted by Crippen LogP contribution is -2.52. The SMILES string of the molecule is O=C(NCc1ccccc1)Nc1ccc(C2OCC(=O)N(Cc3cccnc3)C2CO)cc1. The van der Waals surface area contributed by atoms with Gasteiger partial charge in [-0.2, -0.15) is 0 Å². The van der Waals surface area contributed by atoms with Crippen LogP contribution in [0.1, 0.15) is 22.8 Å². The molecule has 0 bridgehead atoms. The van der Waals surface area contributed by atoms with Crippen LogP contribution in [0.25, 0.3) is 0 Å². The molecule has 8 nitrogen and oxygen atoms in total. The maximum atomic E-state index is 12.5. The Bertz CT molecular complexity index is 1060. The van der Waals surface area contributed by atoms with E-state index in [1.807, 2.05) is 54.6 Å². The van der Waals surface area contributed by atoms with Crippen LogP contribution in [-0.2, 0) is 22.6 Å². The van der Waals surface area contributed by atoms with Crippen molar-refractivity contribution < 1.29 is 19.4 Å². The zero-order valence-corrected chi connectivity index (χ0v) is 18.1. The number of hydrogen-bond donors (Lipinski definition) is 3. The molecule has 0 aliphatic carbocycles. The number of pyridine rings is 1. The first-order valence-corrected chi connectivity index (χ1v) is 10.7. The van der Waals surface area contributed by atoms with E-state index in [0.717, 1.165) is 16.7 Å². The number of ether oxygens (including phenoxy) is 1. The number of morpholine rings is 1. The van der Waals surface area contributed by atoms with Crippen molar-refractivity contribution in [1.29, 1.82) is 0 Å². The largest absolute Gasteiger partial charge is 0.394 e. The molecular formula is C25H26N4O4. The molecule has 3 amide bonds. The topological polar surface area (TPSA) is 104 Å². The zero-order chi connectivity index (χ0) is 23.0. The highest BCUT2D eigenvalue weighted by atomic mass is 16.5. The monoisotopic (exact) mass is 446 g/mol. The molecule has 2 unspecified atom stereocenters. The molecule has 0 radical (unpaired) electrons. The van der Waals surface area contributed by atoms with Crippen molar-refractivity contribution in [3.05, 3.63) is 95.8 Å². The Morgan fingerprint density at radius 2 is 1.82 bits per heavy atom. The van der Waals surface area contributed by atoms with Gasteiger partial charge in [0.25, 0.3) is 0 Å². The number of carbonyl (C=O) groups is 2. The second-order valence-electron chi connectivity index (χ2n) is 7.78. The predicted octanol–water partition coefficient (Wildman–Crippen LogP) is 2.86. The van der Waals surface area contributed by atoms with Gasteiger partial charge in [-0.3, -0.25) is 9.78 Å². The molecule has 2 heterocycles. The minimum absolute atomic E-state index is 0.0661. The molecule has 0 spiro atoms. The Balaban J connectivity index is 1.39. The van der Waals surface area contributed by atoms with Crippen LogP contribution in [-0.4, -0.2) is 46.2 Å². The summed E-state index contributed by atoms with van der Waals surface area (Å²) in [4.78, 5) is 30.4. The summed E-state index contributed by atoms with van der Waals surface area (Å²) in [6, 6.07) is 19.7. The van der Waals surface area contributed by atoms with Crippen LogP contribution >= 0.6 is 0 Å². The summed E-state index contributed by atoms with van der Waals surface area (Å²) < 4.78 is 5.79. The molecule has 2 aromatic carbocycles. The number of urea groups is 1. The van der Waals surface area contributed by atoms with Crippen molar-refractivity contribution in [1.82, 2.24) is 15.2 Å². The van der Waals surface area contributed by atoms with E-state index >= 15 is 0 Å². The molecule has 170 valence electrons. The fourth-order valence-electron chi connectivity index (χ4n) is 3.82. The third-order valence-corrected chi connectivity index (χ3v) is 5.51. The number of nitrogens with one attached hydrogen (secondary N) is 2. The molecule has 1 aliphatic heterocycles. The number of carbonyl (C=O) groups excluding carboxylic acids is 2. The van der Waals surface area contributed by atoms with Crippen LogP contribution in [0, 0.1) is 0 Å². The number of aliphatic hydroxyl groups is 1. The quantitative estimate of drug-likeness (QED) is 0.518. The summed E-state index contributed by atoms with van der Waals surface area (Å²) in [5.41, 5.74) is 3.33. The van der Waals surface area contributed by atoms with E-state index in [0.29, 0.717) is 18.8 Å². The van der Waals surface area contributed by atoms with Crippen molar-refractivity contribution in [3.8, 4) is 0 Å². The van der Waals surface area contributed by atoms with E-state index < -0.39 is 12.1 Å². The Labute approximate surface area is 192 Å². The molecule has 3 N–H and O–H groups in total. The van der Waals surface area contributed by atoms with Gasteiger partial charge in [0.2, 0.25) is 5.91 Å². The van der Waals surface area contributed by atoms with Crippen molar-refractivity contribution >= 4 is 17.6 Å². The van der Waals surface area contributed by atoms with Crippen molar-refractivity contribution in [2.45, 2.75) is 25.2 Å². The molecule has 33 heavy (non-hydrogen) atoms. The summed E-state index contributed by atoms with van der Waals surface area (Å²) in [5.74, 6) is -0.178. The van der Waals surface area contributed by atoms with Crippen LogP contribution in [0.4, 0.5) is 10.5 Å². The van der Waals surface area contributed by atoms with Gasteiger partial charge in [-0.05, 0) is 34.9 Å². The molecule has 1 saturated heterocycles. The number of anilines is 1. The van der Waals surface area contributed by atoms with Crippen LogP contribution in [0.15, 0.2) is 79.1 Å². The summed E-state index contributed by atoms with van der Waals surface area (Å²) in [6.07, 6.45) is 2.90. The van der Waals surface area contributed by atoms with E-state index in [9.17, 15) is 14.7 Å². The Morgan fingerprint density at radius 3 is 2.52 bits per heavy atom. The van der Waals surface area contributed by atoms with Crippen LogP contribution in [0.5, 0.6) is 0 Å². The summed E-state index contributed by atoms with van der Waals surface area (Å²) in [7, 11) is 0. The molecule has 8 heteroatoms. The zero-order valence-electron chi connectivity index (χ0n) is 18.1. The second-order valence-corrected chi connectivity index (χ2v) is 7.78. The van der Waals surface area contributed by atoms with E-state index in [4.69, 9.17) is 4.74 Å². The van der Waals surface area contributed by atoms with Gasteiger partial charge >= 0.3 is 6.03 Å². The van der Waals surface area contributed by atoms with Crippen molar-refractivity contribution in [3.63, 3.8) is 0 Å². The number of amides is 3. The van der Waals surface area contributed by atoms with Gasteiger partial charge in [0, 0.05) is 31.2 Å². The lowest BCUT2D eigenvalue weighted by molar-refractivity contribution is -0.162. The smallest absolute Gasteiger partial charge is 0.319 e. The molecular weight excluding hydrogens is 420 g/mol. The Hall–Kier alpha value is -3.75. The van der Waals surface area contributed by atoms with Gasteiger partial charge in [0.1, 0.15) is 12.7 Å². The Morgan fingerprint density at radius 1 is 1.06 bits per heavy atom. The highest BCUT2D eigenvalue weighted by molar-refractivity contribution is 5.89. The van der Waals surface area contributed by atoms with Crippen molar-refractivity contribution in [2.24, 2.45) is 0 Å². The molecule has 3 aromatic rings. The molecule has 1 aliphatic rings. The van der Waals surface area contributed by atoms with Crippen molar-refractivity contribution in [2.75, 3.05) is 18.5 Å². The number of aliphatic hydroxyl groups excluding tert-OH is 1. The first kappa shape index (κ1) is 22.4. The number of rotatable bonds is 7. The van der Waals surface area contributed by atoms with E-state index in [1.54, 1.807) is 29.4 Å². The van der Waals surface area contributed by atoms with E-state index in [2.05, 4.69) is 15.6 Å². The fraction of sp³-hybridized carbons (Fsp3) is 0.240. The van der Waals surface area contributed by atoms with Gasteiger partial charge in [-0.25, -0.2) is 4.79 Å². The average molecular weight is 447 g/mol. The summed E-state index contributed by atoms with van der Waals surface area (Å²) in [6.45, 7) is 0.473. The van der Waals surface area contributed by atoms with Gasteiger partial charge in [0.05, 0.1) is 12.6 Å². The minimum Gasteiger partial charge on any atom is -0.394 e. The standard InChI is InChI=1S/C25H26N4O4/c30-16-22-24(33-17-23(31)29(22)15-19-7-4-12-26-13-19)20-8-10-21(11-9-20)28-25(32)27-14-18-5-2-1-3-6-18/h1-13,22,24,30H,14-17H2,(H2,27,28,32). The van der Waals surface area contributed by atoms with Crippen LogP contribution in [0.2, 0.25) is 0 Å². The Kier molecular flexibility index (Phi) is 7.29. The highest BCUT2D eigenvalue weighted by Crippen LogP contribution is 2.30. The number of hydrogen-bond acceptors (Lipinski definition) is 5. The molecule has 2 atom stereocenters. The summed E-state index contributed by atoms with van der Waals surface area (Å²) >= 11 is 0. The maximum absolute atomic E-state index is 12.5. The fourth-order valence-corrected chi connectivity index (χ4v) is 3.82. The first-order valence-electron chi connectivity index (χ1n) is 10.7. The summed E-state index contributed by atoms with van der Waals surface area (Å²) in [5, 5.41) is 15.7. The number of nitrogens with zero attached hydrogens (tertiary/aromatic N) is 2. The van der Waals surface area contributed by atoms with Gasteiger partial charge < -0.3 is 25.4 Å². The number of benzene rings is 2. The lowest BCUT2D eigenvalue weighted by atomic mass is 9.98. The van der Waals surface area contributed by atoms with Gasteiger partial charge in [-0.1, -0.05) is 48.5 Å². The minimum atomic E-state index is -0.528. The third kappa shape index (κ3) is 5.74. The van der Waals surface area contributed by atoms with E-state index in [1.165, 1.54) is 0 Å². The molecule has 1 aromatic heterocycles.